The zero-order valence-electron chi connectivity index (χ0n) is 11.3. The van der Waals surface area contributed by atoms with Crippen molar-refractivity contribution in [1.29, 1.82) is 0 Å². The minimum Gasteiger partial charge on any atom is -0.440 e. The Morgan fingerprint density at radius 3 is 2.20 bits per heavy atom. The lowest BCUT2D eigenvalue weighted by Crippen LogP contribution is -2.31. The van der Waals surface area contributed by atoms with Gasteiger partial charge in [0.15, 0.2) is 11.5 Å². The molecule has 2 unspecified atom stereocenters. The normalized spacial score (nSPS) is 16.2. The molecule has 1 heterocycles. The molecule has 6 heteroatoms. The molecular weight excluding hydrogens is 258 g/mol. The number of oxazole rings is 1. The average Bonchev–Trinajstić information content (AvgIpc) is 2.90. The number of nitrogens with zero attached hydrogens (tertiary/aromatic N) is 1. The molecule has 0 aliphatic rings. The summed E-state index contributed by atoms with van der Waals surface area (Å²) in [6, 6.07) is 6.77. The molecule has 20 heavy (non-hydrogen) atoms. The Kier molecular flexibility index (Phi) is 5.08. The number of para-hydroxylation sites is 2. The molecule has 0 aliphatic heterocycles. The molecule has 0 amide bonds. The second-order valence-corrected chi connectivity index (χ2v) is 5.07. The number of hydrogen-bond acceptors (Lipinski definition) is 6. The lowest BCUT2D eigenvalue weighted by molar-refractivity contribution is 0.227. The van der Waals surface area contributed by atoms with Crippen LogP contribution in [0.4, 0.5) is 0 Å². The van der Waals surface area contributed by atoms with Crippen LogP contribution in [0.5, 0.6) is 0 Å². The first-order valence-electron chi connectivity index (χ1n) is 6.72. The minimum absolute atomic E-state index is 0.106. The van der Waals surface area contributed by atoms with E-state index in [1.807, 2.05) is 24.3 Å². The third-order valence-electron chi connectivity index (χ3n) is 3.30. The Bertz CT molecular complexity index is 498. The number of aromatic nitrogens is 1. The van der Waals surface area contributed by atoms with E-state index in [-0.39, 0.29) is 31.2 Å². The van der Waals surface area contributed by atoms with E-state index in [1.54, 1.807) is 0 Å². The quantitative estimate of drug-likeness (QED) is 0.580. The topological polar surface area (TPSA) is 119 Å². The summed E-state index contributed by atoms with van der Waals surface area (Å²) in [5.41, 5.74) is 13.1. The first-order chi connectivity index (χ1) is 9.63. The average molecular weight is 279 g/mol. The van der Waals surface area contributed by atoms with Gasteiger partial charge in [0.1, 0.15) is 5.52 Å². The highest BCUT2D eigenvalue weighted by Gasteiger charge is 2.23. The third-order valence-corrected chi connectivity index (χ3v) is 3.30. The number of aliphatic hydroxyl groups is 2. The second-order valence-electron chi connectivity index (χ2n) is 5.07. The molecule has 110 valence electrons. The molecule has 6 N–H and O–H groups in total. The highest BCUT2D eigenvalue weighted by atomic mass is 16.3. The highest BCUT2D eigenvalue weighted by Crippen LogP contribution is 2.28. The van der Waals surface area contributed by atoms with E-state index in [0.717, 1.165) is 5.52 Å². The molecule has 0 spiro atoms. The predicted octanol–water partition coefficient (Wildman–Crippen LogP) is 0.331. The van der Waals surface area contributed by atoms with Gasteiger partial charge >= 0.3 is 0 Å². The number of hydrogen-bond donors (Lipinski definition) is 4. The molecule has 2 aromatic rings. The van der Waals surface area contributed by atoms with Crippen LogP contribution in [0.15, 0.2) is 28.7 Å². The maximum absolute atomic E-state index is 9.11. The van der Waals surface area contributed by atoms with Crippen molar-refractivity contribution >= 4 is 11.1 Å². The molecule has 0 fully saturated rings. The number of nitrogens with two attached hydrogens (primary N) is 2. The fourth-order valence-corrected chi connectivity index (χ4v) is 2.24. The molecule has 0 saturated heterocycles. The summed E-state index contributed by atoms with van der Waals surface area (Å²) >= 11 is 0. The summed E-state index contributed by atoms with van der Waals surface area (Å²) in [4.78, 5) is 4.45. The van der Waals surface area contributed by atoms with Crippen molar-refractivity contribution in [2.45, 2.75) is 30.8 Å². The van der Waals surface area contributed by atoms with E-state index in [9.17, 15) is 0 Å². The van der Waals surface area contributed by atoms with Crippen LogP contribution in [0.1, 0.15) is 24.7 Å². The summed E-state index contributed by atoms with van der Waals surface area (Å²) in [5.74, 6) is 0.436. The fourth-order valence-electron chi connectivity index (χ4n) is 2.24. The third kappa shape index (κ3) is 3.55. The molecule has 1 aromatic heterocycles. The predicted molar refractivity (Wildman–Crippen MR) is 76.1 cm³/mol. The largest absolute Gasteiger partial charge is 0.440 e. The number of fused-ring (bicyclic) bond motifs is 1. The van der Waals surface area contributed by atoms with Crippen LogP contribution in [0, 0.1) is 0 Å². The summed E-state index contributed by atoms with van der Waals surface area (Å²) in [6.07, 6.45) is 1.02. The standard InChI is InChI=1S/C14H21N3O3/c15-10(7-18)5-9(6-11(16)8-19)14-17-12-3-1-2-4-13(12)20-14/h1-4,9-11,18-19H,5-8,15-16H2. The van der Waals surface area contributed by atoms with Gasteiger partial charge in [0, 0.05) is 18.0 Å². The van der Waals surface area contributed by atoms with E-state index in [4.69, 9.17) is 26.1 Å². The highest BCUT2D eigenvalue weighted by molar-refractivity contribution is 5.72. The van der Waals surface area contributed by atoms with E-state index in [2.05, 4.69) is 4.98 Å². The van der Waals surface area contributed by atoms with Gasteiger partial charge in [-0.3, -0.25) is 0 Å². The Morgan fingerprint density at radius 1 is 1.05 bits per heavy atom. The summed E-state index contributed by atoms with van der Waals surface area (Å²) in [5, 5.41) is 18.2. The van der Waals surface area contributed by atoms with Crippen LogP contribution >= 0.6 is 0 Å². The van der Waals surface area contributed by atoms with Gasteiger partial charge in [-0.15, -0.1) is 0 Å². The van der Waals surface area contributed by atoms with Crippen molar-refractivity contribution in [3.63, 3.8) is 0 Å². The van der Waals surface area contributed by atoms with Gasteiger partial charge in [-0.05, 0) is 25.0 Å². The summed E-state index contributed by atoms with van der Waals surface area (Å²) < 4.78 is 5.74. The van der Waals surface area contributed by atoms with Gasteiger partial charge < -0.3 is 26.1 Å². The van der Waals surface area contributed by atoms with Gasteiger partial charge in [-0.2, -0.15) is 0 Å². The van der Waals surface area contributed by atoms with Gasteiger partial charge in [0.05, 0.1) is 13.2 Å². The van der Waals surface area contributed by atoms with Crippen molar-refractivity contribution in [2.24, 2.45) is 11.5 Å². The van der Waals surface area contributed by atoms with Crippen molar-refractivity contribution in [3.8, 4) is 0 Å². The van der Waals surface area contributed by atoms with Crippen molar-refractivity contribution in [3.05, 3.63) is 30.2 Å². The Balaban J connectivity index is 2.23. The maximum atomic E-state index is 9.11. The molecule has 0 saturated carbocycles. The van der Waals surface area contributed by atoms with Crippen LogP contribution in [0.2, 0.25) is 0 Å². The van der Waals surface area contributed by atoms with Gasteiger partial charge in [-0.1, -0.05) is 12.1 Å². The van der Waals surface area contributed by atoms with Crippen LogP contribution in [-0.4, -0.2) is 40.5 Å². The molecule has 2 rings (SSSR count). The fraction of sp³-hybridized carbons (Fsp3) is 0.500. The molecule has 1 aromatic carbocycles. The van der Waals surface area contributed by atoms with Crippen LogP contribution < -0.4 is 11.5 Å². The second kappa shape index (κ2) is 6.81. The van der Waals surface area contributed by atoms with Crippen molar-refractivity contribution in [2.75, 3.05) is 13.2 Å². The molecular formula is C14H21N3O3. The number of rotatable bonds is 7. The van der Waals surface area contributed by atoms with Crippen LogP contribution in [-0.2, 0) is 0 Å². The Morgan fingerprint density at radius 2 is 1.65 bits per heavy atom. The van der Waals surface area contributed by atoms with Gasteiger partial charge in [-0.25, -0.2) is 4.98 Å². The zero-order valence-corrected chi connectivity index (χ0v) is 11.3. The van der Waals surface area contributed by atoms with Gasteiger partial charge in [0.25, 0.3) is 0 Å². The summed E-state index contributed by atoms with van der Waals surface area (Å²) in [7, 11) is 0. The monoisotopic (exact) mass is 279 g/mol. The molecule has 0 bridgehead atoms. The van der Waals surface area contributed by atoms with Crippen molar-refractivity contribution in [1.82, 2.24) is 4.98 Å². The van der Waals surface area contributed by atoms with E-state index in [1.165, 1.54) is 0 Å². The number of benzene rings is 1. The lowest BCUT2D eigenvalue weighted by atomic mass is 9.93. The lowest BCUT2D eigenvalue weighted by Gasteiger charge is -2.19. The van der Waals surface area contributed by atoms with Crippen LogP contribution in [0.3, 0.4) is 0 Å². The maximum Gasteiger partial charge on any atom is 0.198 e. The Labute approximate surface area is 117 Å². The molecule has 2 atom stereocenters. The van der Waals surface area contributed by atoms with E-state index < -0.39 is 0 Å². The first-order valence-corrected chi connectivity index (χ1v) is 6.72. The smallest absolute Gasteiger partial charge is 0.198 e. The SMILES string of the molecule is NC(CO)CC(CC(N)CO)c1nc2ccccc2o1. The van der Waals surface area contributed by atoms with E-state index >= 15 is 0 Å². The number of aliphatic hydroxyl groups excluding tert-OH is 2. The molecule has 0 aliphatic carbocycles. The molecule has 0 radical (unpaired) electrons. The Hall–Kier alpha value is -1.47. The summed E-state index contributed by atoms with van der Waals surface area (Å²) in [6.45, 7) is -0.212. The van der Waals surface area contributed by atoms with E-state index in [0.29, 0.717) is 24.3 Å². The van der Waals surface area contributed by atoms with Crippen molar-refractivity contribution < 1.29 is 14.6 Å². The van der Waals surface area contributed by atoms with Crippen LogP contribution in [0.25, 0.3) is 11.1 Å². The minimum atomic E-state index is -0.360. The molecule has 6 nitrogen and oxygen atoms in total. The zero-order chi connectivity index (χ0) is 14.5. The van der Waals surface area contributed by atoms with Gasteiger partial charge in [0.2, 0.25) is 0 Å². The first kappa shape index (κ1) is 14.9.